The van der Waals surface area contributed by atoms with Crippen molar-refractivity contribution in [1.29, 1.82) is 0 Å². The van der Waals surface area contributed by atoms with Gasteiger partial charge in [0.05, 0.1) is 23.3 Å². The molecule has 1 saturated heterocycles. The molecule has 1 fully saturated rings. The van der Waals surface area contributed by atoms with Gasteiger partial charge in [0.1, 0.15) is 23.8 Å². The number of amides is 1. The molecule has 1 aliphatic rings. The van der Waals surface area contributed by atoms with E-state index in [0.29, 0.717) is 26.2 Å². The number of carbonyl (C=O) groups excluding carboxylic acids is 1. The Hall–Kier alpha value is -3.14. The number of piperazine rings is 1. The fraction of sp³-hybridized carbons (Fsp3) is 0.368. The van der Waals surface area contributed by atoms with E-state index in [4.69, 9.17) is 0 Å². The number of nitrogens with zero attached hydrogens (tertiary/aromatic N) is 6. The second-order valence-electron chi connectivity index (χ2n) is 7.02. The lowest BCUT2D eigenvalue weighted by Gasteiger charge is -2.38. The quantitative estimate of drug-likeness (QED) is 0.718. The number of nitrogens with one attached hydrogen (secondary N) is 1. The molecular weight excluding hydrogens is 380 g/mol. The minimum absolute atomic E-state index is 0.152. The van der Waals surface area contributed by atoms with Gasteiger partial charge in [0.2, 0.25) is 5.91 Å². The number of carbonyl (C=O) groups is 1. The first-order chi connectivity index (χ1) is 13.9. The Balaban J connectivity index is 1.41. The molecule has 3 heterocycles. The molecule has 10 heteroatoms. The fourth-order valence-corrected chi connectivity index (χ4v) is 3.52. The number of anilines is 2. The Bertz CT molecular complexity index is 1050. The van der Waals surface area contributed by atoms with Crippen molar-refractivity contribution >= 4 is 28.4 Å². The van der Waals surface area contributed by atoms with Crippen molar-refractivity contribution in [3.63, 3.8) is 0 Å². The van der Waals surface area contributed by atoms with E-state index < -0.39 is 17.7 Å². The summed E-state index contributed by atoms with van der Waals surface area (Å²) in [4.78, 5) is 25.3. The Morgan fingerprint density at radius 1 is 1.17 bits per heavy atom. The van der Waals surface area contributed by atoms with Gasteiger partial charge in [-0.2, -0.15) is 5.10 Å². The van der Waals surface area contributed by atoms with Crippen LogP contribution in [0.4, 0.5) is 20.3 Å². The smallest absolute Gasteiger partial charge is 0.241 e. The Morgan fingerprint density at radius 2 is 1.93 bits per heavy atom. The predicted molar refractivity (Wildman–Crippen MR) is 105 cm³/mol. The minimum atomic E-state index is -0.666. The second kappa shape index (κ2) is 7.70. The lowest BCUT2D eigenvalue weighted by Crippen LogP contribution is -2.53. The van der Waals surface area contributed by atoms with E-state index in [1.165, 1.54) is 6.33 Å². The van der Waals surface area contributed by atoms with Crippen LogP contribution in [-0.4, -0.2) is 62.8 Å². The molecule has 0 radical (unpaired) electrons. The highest BCUT2D eigenvalue weighted by Crippen LogP contribution is 2.24. The van der Waals surface area contributed by atoms with Gasteiger partial charge in [-0.25, -0.2) is 18.7 Å². The molecule has 1 aliphatic heterocycles. The lowest BCUT2D eigenvalue weighted by atomic mass is 10.2. The van der Waals surface area contributed by atoms with Gasteiger partial charge in [-0.3, -0.25) is 14.4 Å². The zero-order valence-corrected chi connectivity index (χ0v) is 16.1. The van der Waals surface area contributed by atoms with Crippen LogP contribution in [0.5, 0.6) is 0 Å². The first kappa shape index (κ1) is 19.2. The number of fused-ring (bicyclic) bond motifs is 1. The maximum Gasteiger partial charge on any atom is 0.241 e. The normalized spacial score (nSPS) is 16.2. The monoisotopic (exact) mass is 401 g/mol. The van der Waals surface area contributed by atoms with Crippen molar-refractivity contribution in [2.24, 2.45) is 7.05 Å². The molecule has 2 aromatic heterocycles. The molecule has 1 N–H and O–H groups in total. The van der Waals surface area contributed by atoms with Gasteiger partial charge in [-0.15, -0.1) is 0 Å². The van der Waals surface area contributed by atoms with Gasteiger partial charge in [0.15, 0.2) is 5.65 Å². The zero-order valence-electron chi connectivity index (χ0n) is 16.1. The number of halogens is 2. The van der Waals surface area contributed by atoms with Gasteiger partial charge in [-0.05, 0) is 19.1 Å². The summed E-state index contributed by atoms with van der Waals surface area (Å²) in [6.45, 7) is 4.37. The molecule has 1 unspecified atom stereocenters. The van der Waals surface area contributed by atoms with Crippen LogP contribution in [0.25, 0.3) is 11.0 Å². The molecule has 152 valence electrons. The fourth-order valence-electron chi connectivity index (χ4n) is 3.52. The largest absolute Gasteiger partial charge is 0.353 e. The summed E-state index contributed by atoms with van der Waals surface area (Å²) in [7, 11) is 1.83. The molecule has 0 spiro atoms. The number of hydrogen-bond donors (Lipinski definition) is 1. The van der Waals surface area contributed by atoms with Crippen LogP contribution in [0, 0.1) is 11.6 Å². The molecule has 0 bridgehead atoms. The van der Waals surface area contributed by atoms with Crippen LogP contribution < -0.4 is 10.2 Å². The summed E-state index contributed by atoms with van der Waals surface area (Å²) >= 11 is 0. The minimum Gasteiger partial charge on any atom is -0.353 e. The molecule has 4 rings (SSSR count). The second-order valence-corrected chi connectivity index (χ2v) is 7.02. The van der Waals surface area contributed by atoms with Gasteiger partial charge in [0, 0.05) is 39.3 Å². The van der Waals surface area contributed by atoms with Crippen LogP contribution in [0.15, 0.2) is 30.7 Å². The summed E-state index contributed by atoms with van der Waals surface area (Å²) < 4.78 is 28.8. The predicted octanol–water partition coefficient (Wildman–Crippen LogP) is 1.79. The van der Waals surface area contributed by atoms with Crippen molar-refractivity contribution in [3.8, 4) is 0 Å². The van der Waals surface area contributed by atoms with E-state index >= 15 is 0 Å². The Morgan fingerprint density at radius 3 is 2.69 bits per heavy atom. The Labute approximate surface area is 166 Å². The van der Waals surface area contributed by atoms with Crippen molar-refractivity contribution in [1.82, 2.24) is 24.6 Å². The number of hydrogen-bond acceptors (Lipinski definition) is 6. The van der Waals surface area contributed by atoms with E-state index in [-0.39, 0.29) is 11.6 Å². The van der Waals surface area contributed by atoms with Crippen LogP contribution in [0.2, 0.25) is 0 Å². The molecule has 1 amide bonds. The van der Waals surface area contributed by atoms with E-state index in [1.807, 2.05) is 11.9 Å². The van der Waals surface area contributed by atoms with Crippen molar-refractivity contribution in [2.45, 2.75) is 13.0 Å². The Kier molecular flexibility index (Phi) is 5.10. The van der Waals surface area contributed by atoms with Crippen LogP contribution in [-0.2, 0) is 11.8 Å². The van der Waals surface area contributed by atoms with Crippen LogP contribution in [0.3, 0.4) is 0 Å². The molecule has 3 aromatic rings. The summed E-state index contributed by atoms with van der Waals surface area (Å²) in [5.41, 5.74) is 0.614. The zero-order chi connectivity index (χ0) is 20.5. The summed E-state index contributed by atoms with van der Waals surface area (Å²) in [5.74, 6) is -0.822. The molecule has 0 saturated carbocycles. The lowest BCUT2D eigenvalue weighted by molar-refractivity contribution is -0.120. The average Bonchev–Trinajstić information content (AvgIpc) is 3.11. The number of rotatable bonds is 4. The summed E-state index contributed by atoms with van der Waals surface area (Å²) in [6.07, 6.45) is 3.27. The van der Waals surface area contributed by atoms with Gasteiger partial charge < -0.3 is 10.2 Å². The molecule has 1 aromatic carbocycles. The van der Waals surface area contributed by atoms with Crippen molar-refractivity contribution in [3.05, 3.63) is 42.4 Å². The van der Waals surface area contributed by atoms with E-state index in [2.05, 4.69) is 25.3 Å². The van der Waals surface area contributed by atoms with Gasteiger partial charge in [0.25, 0.3) is 0 Å². The molecule has 1 atom stereocenters. The SMILES string of the molecule is CC(C(=O)Nc1cc(F)ccc1F)N1CCN(c2ncnc3c2cnn3C)CC1. The third-order valence-electron chi connectivity index (χ3n) is 5.24. The summed E-state index contributed by atoms with van der Waals surface area (Å²) in [5, 5.41) is 7.60. The highest BCUT2D eigenvalue weighted by atomic mass is 19.1. The van der Waals surface area contributed by atoms with Crippen LogP contribution in [0.1, 0.15) is 6.92 Å². The third kappa shape index (κ3) is 3.75. The van der Waals surface area contributed by atoms with Crippen molar-refractivity contribution < 1.29 is 13.6 Å². The summed E-state index contributed by atoms with van der Waals surface area (Å²) in [6, 6.07) is 2.50. The number of aryl methyl sites for hydroxylation is 1. The first-order valence-electron chi connectivity index (χ1n) is 9.31. The van der Waals surface area contributed by atoms with Crippen LogP contribution >= 0.6 is 0 Å². The molecule has 0 aliphatic carbocycles. The molecule has 29 heavy (non-hydrogen) atoms. The van der Waals surface area contributed by atoms with Crippen molar-refractivity contribution in [2.75, 3.05) is 36.4 Å². The van der Waals surface area contributed by atoms with E-state index in [1.54, 1.807) is 17.8 Å². The molecule has 8 nitrogen and oxygen atoms in total. The van der Waals surface area contributed by atoms with Gasteiger partial charge >= 0.3 is 0 Å². The number of aromatic nitrogens is 4. The average molecular weight is 401 g/mol. The maximum atomic E-state index is 13.8. The van der Waals surface area contributed by atoms with E-state index in [9.17, 15) is 13.6 Å². The molecular formula is C19H21F2N7O. The van der Waals surface area contributed by atoms with E-state index in [0.717, 1.165) is 35.1 Å². The highest BCUT2D eigenvalue weighted by Gasteiger charge is 2.27. The number of benzene rings is 1. The highest BCUT2D eigenvalue weighted by molar-refractivity contribution is 5.94. The topological polar surface area (TPSA) is 79.2 Å². The van der Waals surface area contributed by atoms with Gasteiger partial charge in [-0.1, -0.05) is 0 Å². The standard InChI is InChI=1S/C19H21F2N7O/c1-12(19(29)25-16-9-13(20)3-4-15(16)21)27-5-7-28(8-6-27)18-14-10-24-26(2)17(14)22-11-23-18/h3-4,9-12H,5-8H2,1-2H3,(H,25,29). The first-order valence-corrected chi connectivity index (χ1v) is 9.31. The maximum absolute atomic E-state index is 13.8. The third-order valence-corrected chi connectivity index (χ3v) is 5.24.